The van der Waals surface area contributed by atoms with Gasteiger partial charge in [0.1, 0.15) is 11.6 Å². The molecule has 4 aliphatic rings. The van der Waals surface area contributed by atoms with E-state index in [0.29, 0.717) is 37.5 Å². The number of aromatic nitrogens is 4. The summed E-state index contributed by atoms with van der Waals surface area (Å²) in [6, 6.07) is 8.90. The van der Waals surface area contributed by atoms with Gasteiger partial charge in [-0.1, -0.05) is 10.3 Å². The van der Waals surface area contributed by atoms with E-state index in [9.17, 15) is 42.6 Å². The molecule has 61 heavy (non-hydrogen) atoms. The van der Waals surface area contributed by atoms with E-state index < -0.39 is 35.7 Å². The van der Waals surface area contributed by atoms with Crippen molar-refractivity contribution in [1.82, 2.24) is 30.1 Å². The van der Waals surface area contributed by atoms with Crippen molar-refractivity contribution in [3.05, 3.63) is 81.7 Å². The van der Waals surface area contributed by atoms with Crippen LogP contribution >= 0.6 is 15.9 Å². The molecule has 0 aromatic carbocycles. The fourth-order valence-electron chi connectivity index (χ4n) is 8.90. The number of halogens is 4. The summed E-state index contributed by atoms with van der Waals surface area (Å²) in [7, 11) is 0. The van der Waals surface area contributed by atoms with Gasteiger partial charge in [-0.05, 0) is 102 Å². The van der Waals surface area contributed by atoms with Gasteiger partial charge in [-0.3, -0.25) is 19.4 Å². The molecule has 4 aromatic rings. The van der Waals surface area contributed by atoms with Gasteiger partial charge in [0.05, 0.1) is 18.7 Å². The lowest BCUT2D eigenvalue weighted by Crippen LogP contribution is -2.56. The van der Waals surface area contributed by atoms with Crippen molar-refractivity contribution in [2.24, 2.45) is 22.3 Å². The summed E-state index contributed by atoms with van der Waals surface area (Å²) in [5.74, 6) is 0.590. The number of rotatable bonds is 10. The Labute approximate surface area is 355 Å². The first-order valence-corrected chi connectivity index (χ1v) is 20.4. The molecule has 0 atom stereocenters. The number of hydrogen-bond donors (Lipinski definition) is 4. The number of hydrogen-bond acceptors (Lipinski definition) is 12. The molecule has 4 amide bonds. The Balaban J connectivity index is 0.000000185. The highest BCUT2D eigenvalue weighted by Crippen LogP contribution is 2.53. The van der Waals surface area contributed by atoms with Gasteiger partial charge >= 0.3 is 18.4 Å². The smallest absolute Gasteiger partial charge is 0.417 e. The number of primary amides is 2. The maximum Gasteiger partial charge on any atom is 0.417 e. The number of nitrogens with zero attached hydrogens (tertiary/aromatic N) is 8. The minimum Gasteiger partial charge on any atom is -0.465 e. The van der Waals surface area contributed by atoms with Crippen LogP contribution in [0.2, 0.25) is 0 Å². The molecule has 8 rings (SSSR count). The van der Waals surface area contributed by atoms with E-state index in [1.165, 1.54) is 28.0 Å². The lowest BCUT2D eigenvalue weighted by atomic mass is 9.60. The fraction of sp³-hybridized carbons (Fsp3) is 0.487. The number of alkyl halides is 3. The summed E-state index contributed by atoms with van der Waals surface area (Å²) in [5, 5.41) is 26.4. The summed E-state index contributed by atoms with van der Waals surface area (Å²) < 4.78 is 49.2. The Bertz CT molecular complexity index is 2210. The molecule has 326 valence electrons. The van der Waals surface area contributed by atoms with Gasteiger partial charge in [-0.25, -0.2) is 19.6 Å². The monoisotopic (exact) mass is 916 g/mol. The van der Waals surface area contributed by atoms with Crippen LogP contribution in [0.1, 0.15) is 89.4 Å². The van der Waals surface area contributed by atoms with E-state index in [1.807, 2.05) is 17.0 Å². The average molecular weight is 918 g/mol. The van der Waals surface area contributed by atoms with Crippen molar-refractivity contribution < 1.29 is 51.6 Å². The zero-order valence-corrected chi connectivity index (χ0v) is 34.3. The molecule has 4 aromatic heterocycles. The number of anilines is 2. The van der Waals surface area contributed by atoms with Gasteiger partial charge in [0.2, 0.25) is 0 Å². The van der Waals surface area contributed by atoms with Crippen molar-refractivity contribution in [3.8, 4) is 0 Å². The van der Waals surface area contributed by atoms with E-state index in [-0.39, 0.29) is 53.2 Å². The second-order valence-electron chi connectivity index (χ2n) is 16.2. The number of amides is 4. The maximum absolute atomic E-state index is 12.7. The molecule has 22 heteroatoms. The van der Waals surface area contributed by atoms with Gasteiger partial charge < -0.3 is 40.5 Å². The molecule has 6 heterocycles. The van der Waals surface area contributed by atoms with Crippen LogP contribution in [0.15, 0.2) is 62.3 Å². The summed E-state index contributed by atoms with van der Waals surface area (Å²) in [6.45, 7) is 3.14. The average Bonchev–Trinajstić information content (AvgIpc) is 3.88. The Morgan fingerprint density at radius 2 is 1.13 bits per heavy atom. The molecule has 0 bridgehead atoms. The number of carbonyl (C=O) groups is 4. The predicted molar refractivity (Wildman–Crippen MR) is 212 cm³/mol. The Kier molecular flexibility index (Phi) is 12.2. The fourth-order valence-corrected chi connectivity index (χ4v) is 9.14. The molecule has 0 radical (unpaired) electrons. The van der Waals surface area contributed by atoms with Crippen LogP contribution < -0.4 is 21.3 Å². The Morgan fingerprint density at radius 1 is 0.721 bits per heavy atom. The number of nitrogens with two attached hydrogens (primary N) is 2. The highest BCUT2D eigenvalue weighted by molar-refractivity contribution is 9.10. The molecule has 0 unspecified atom stereocenters. The molecule has 2 saturated carbocycles. The van der Waals surface area contributed by atoms with Crippen LogP contribution in [0, 0.1) is 10.8 Å². The highest BCUT2D eigenvalue weighted by atomic mass is 79.9. The first kappa shape index (κ1) is 43.2. The van der Waals surface area contributed by atoms with Gasteiger partial charge in [0.25, 0.3) is 11.8 Å². The molecular formula is C39H44BrF3N10O8. The molecule has 2 saturated heterocycles. The van der Waals surface area contributed by atoms with Crippen LogP contribution in [0.4, 0.5) is 34.4 Å². The molecule has 18 nitrogen and oxygen atoms in total. The second-order valence-corrected chi connectivity index (χ2v) is 17.2. The normalized spacial score (nSPS) is 19.3. The highest BCUT2D eigenvalue weighted by Gasteiger charge is 2.50. The molecule has 2 aliphatic heterocycles. The molecule has 2 spiro atoms. The molecule has 2 aliphatic carbocycles. The van der Waals surface area contributed by atoms with Crippen molar-refractivity contribution >= 4 is 51.6 Å². The summed E-state index contributed by atoms with van der Waals surface area (Å²) in [4.78, 5) is 61.1. The minimum absolute atomic E-state index is 0.000571. The summed E-state index contributed by atoms with van der Waals surface area (Å²) in [5.41, 5.74) is 9.66. The predicted octanol–water partition coefficient (Wildman–Crippen LogP) is 5.98. The van der Waals surface area contributed by atoms with Crippen molar-refractivity contribution in [3.63, 3.8) is 0 Å². The Morgan fingerprint density at radius 3 is 1.44 bits per heavy atom. The number of carbonyl (C=O) groups excluding carboxylic acids is 2. The first-order valence-electron chi connectivity index (χ1n) is 19.6. The van der Waals surface area contributed by atoms with Crippen LogP contribution in [-0.2, 0) is 19.3 Å². The van der Waals surface area contributed by atoms with Gasteiger partial charge in [-0.15, -0.1) is 0 Å². The third kappa shape index (κ3) is 9.84. The summed E-state index contributed by atoms with van der Waals surface area (Å²) >= 11 is 3.40. The van der Waals surface area contributed by atoms with Gasteiger partial charge in [0.15, 0.2) is 22.9 Å². The van der Waals surface area contributed by atoms with Gasteiger partial charge in [0, 0.05) is 67.3 Å². The van der Waals surface area contributed by atoms with Crippen LogP contribution in [-0.4, -0.2) is 103 Å². The molecule has 6 N–H and O–H groups in total. The van der Waals surface area contributed by atoms with E-state index in [0.717, 1.165) is 74.2 Å². The van der Waals surface area contributed by atoms with Crippen LogP contribution in [0.5, 0.6) is 0 Å². The third-order valence-electron chi connectivity index (χ3n) is 12.4. The van der Waals surface area contributed by atoms with Crippen LogP contribution in [0.3, 0.4) is 0 Å². The first-order chi connectivity index (χ1) is 28.9. The standard InChI is InChI=1S/C20H22F3N5O4.C19H22BrN5O4/c21-20(22,23)12-1-2-16(25-10-12)27-5-3-19(4-6-27)8-13(9-19)28(18(30)31)11-14-7-15(17(24)29)26-32-14;20-12-1-2-16(22-10-12)24-5-3-19(4-6-24)8-13(9-19)25(18(27)28)11-14-7-15(17(21)26)23-29-14/h1-2,7,10,13H,3-6,8-9,11H2,(H2,24,29)(H,30,31);1-2,7,10,13H,3-6,8-9,11H2,(H2,21,26)(H,27,28). The van der Waals surface area contributed by atoms with Crippen molar-refractivity contribution in [1.29, 1.82) is 0 Å². The topological polar surface area (TPSA) is 252 Å². The number of carboxylic acid groups (broad SMARTS) is 2. The molecule has 4 fully saturated rings. The van der Waals surface area contributed by atoms with E-state index >= 15 is 0 Å². The largest absolute Gasteiger partial charge is 0.465 e. The molecular weight excluding hydrogens is 873 g/mol. The summed E-state index contributed by atoms with van der Waals surface area (Å²) in [6.07, 6.45) is 2.80. The zero-order chi connectivity index (χ0) is 43.7. The minimum atomic E-state index is -4.42. The van der Waals surface area contributed by atoms with E-state index in [1.54, 1.807) is 6.20 Å². The SMILES string of the molecule is NC(=O)c1cc(CN(C(=O)O)C2CC3(CCN(c4ccc(Br)cn4)CC3)C2)on1.NC(=O)c1cc(CN(C(=O)O)C2CC3(CCN(c4ccc(C(F)(F)F)cn4)CC3)C2)on1. The van der Waals surface area contributed by atoms with Crippen molar-refractivity contribution in [2.75, 3.05) is 36.0 Å². The lowest BCUT2D eigenvalue weighted by molar-refractivity contribution is -0.137. The van der Waals surface area contributed by atoms with E-state index in [2.05, 4.69) is 41.1 Å². The lowest BCUT2D eigenvalue weighted by Gasteiger charge is -2.54. The van der Waals surface area contributed by atoms with Crippen molar-refractivity contribution in [2.45, 2.75) is 82.7 Å². The third-order valence-corrected chi connectivity index (χ3v) is 12.9. The quantitative estimate of drug-likeness (QED) is 0.143. The number of pyridine rings is 2. The van der Waals surface area contributed by atoms with Gasteiger partial charge in [-0.2, -0.15) is 13.2 Å². The number of piperidine rings is 2. The maximum atomic E-state index is 12.7. The van der Waals surface area contributed by atoms with Crippen LogP contribution in [0.25, 0.3) is 0 Å². The second kappa shape index (κ2) is 17.2. The van der Waals surface area contributed by atoms with E-state index in [4.69, 9.17) is 20.5 Å². The Hall–Kier alpha value is -5.93. The zero-order valence-electron chi connectivity index (χ0n) is 32.8.